The van der Waals surface area contributed by atoms with Crippen LogP contribution in [0.25, 0.3) is 0 Å². The molecule has 2 aromatic carbocycles. The van der Waals surface area contributed by atoms with Gasteiger partial charge in [-0.15, -0.1) is 0 Å². The Morgan fingerprint density at radius 3 is 2.07 bits per heavy atom. The average Bonchev–Trinajstić information content (AvgIpc) is 2.90. The third kappa shape index (κ3) is 11.5. The van der Waals surface area contributed by atoms with E-state index >= 15 is 0 Å². The molecule has 0 saturated heterocycles. The number of nitrogens with zero attached hydrogens (tertiary/aromatic N) is 1. The van der Waals surface area contributed by atoms with Gasteiger partial charge in [-0.1, -0.05) is 57.5 Å². The highest BCUT2D eigenvalue weighted by Crippen LogP contribution is 2.33. The van der Waals surface area contributed by atoms with E-state index in [2.05, 4.69) is 24.5 Å². The minimum absolute atomic E-state index is 0.0770. The minimum atomic E-state index is -1.15. The molecule has 0 aliphatic heterocycles. The van der Waals surface area contributed by atoms with Crippen LogP contribution in [0.1, 0.15) is 98.2 Å². The number of nitrogens with one attached hydrogen (secondary N) is 2. The number of hydrogen-bond acceptors (Lipinski definition) is 6. The lowest BCUT2D eigenvalue weighted by molar-refractivity contribution is -0.145. The second-order valence-electron chi connectivity index (χ2n) is 12.8. The number of hydrogen-bond donors (Lipinski definition) is 4. The number of aromatic hydroxyl groups is 2. The van der Waals surface area contributed by atoms with Crippen LogP contribution in [0.5, 0.6) is 11.5 Å². The Labute approximate surface area is 257 Å². The Balaban J connectivity index is 2.67. The fraction of sp³-hybridized carbons (Fsp3) is 0.559. The maximum Gasteiger partial charge on any atom is 0.408 e. The zero-order chi connectivity index (χ0) is 32.3. The van der Waals surface area contributed by atoms with Crippen molar-refractivity contribution in [3.8, 4) is 11.5 Å². The van der Waals surface area contributed by atoms with Crippen molar-refractivity contribution in [1.82, 2.24) is 15.5 Å². The van der Waals surface area contributed by atoms with Crippen molar-refractivity contribution in [1.29, 1.82) is 0 Å². The van der Waals surface area contributed by atoms with Crippen LogP contribution in [0.3, 0.4) is 0 Å². The summed E-state index contributed by atoms with van der Waals surface area (Å²) in [4.78, 5) is 43.2. The van der Waals surface area contributed by atoms with Crippen molar-refractivity contribution < 1.29 is 29.3 Å². The number of phenols is 2. The van der Waals surface area contributed by atoms with Gasteiger partial charge in [0.1, 0.15) is 29.2 Å². The summed E-state index contributed by atoms with van der Waals surface area (Å²) in [5.74, 6) is -0.563. The van der Waals surface area contributed by atoms with Crippen LogP contribution in [0.4, 0.5) is 4.79 Å². The molecule has 43 heavy (non-hydrogen) atoms. The van der Waals surface area contributed by atoms with Crippen LogP contribution >= 0.6 is 0 Å². The quantitative estimate of drug-likeness (QED) is 0.204. The third-order valence-electron chi connectivity index (χ3n) is 7.12. The summed E-state index contributed by atoms with van der Waals surface area (Å²) >= 11 is 0. The van der Waals surface area contributed by atoms with Gasteiger partial charge in [0.2, 0.25) is 11.8 Å². The van der Waals surface area contributed by atoms with Gasteiger partial charge in [-0.25, -0.2) is 4.79 Å². The second-order valence-corrected chi connectivity index (χ2v) is 12.8. The first kappa shape index (κ1) is 35.4. The van der Waals surface area contributed by atoms with Crippen molar-refractivity contribution in [2.75, 3.05) is 0 Å². The molecule has 9 nitrogen and oxygen atoms in total. The summed E-state index contributed by atoms with van der Waals surface area (Å²) in [7, 11) is 0. The highest BCUT2D eigenvalue weighted by Gasteiger charge is 2.40. The number of carbonyl (C=O) groups excluding carboxylic acids is 3. The van der Waals surface area contributed by atoms with Gasteiger partial charge in [0.05, 0.1) is 0 Å². The lowest BCUT2D eigenvalue weighted by Crippen LogP contribution is -2.56. The molecule has 0 aromatic heterocycles. The van der Waals surface area contributed by atoms with Gasteiger partial charge in [-0.3, -0.25) is 9.59 Å². The molecule has 0 bridgehead atoms. The third-order valence-corrected chi connectivity index (χ3v) is 7.12. The number of para-hydroxylation sites is 1. The molecule has 0 aliphatic rings. The predicted molar refractivity (Wildman–Crippen MR) is 169 cm³/mol. The molecule has 0 fully saturated rings. The lowest BCUT2D eigenvalue weighted by Gasteiger charge is -2.39. The Bertz CT molecular complexity index is 1190. The summed E-state index contributed by atoms with van der Waals surface area (Å²) in [6, 6.07) is 10.1. The Morgan fingerprint density at radius 1 is 0.884 bits per heavy atom. The number of ether oxygens (including phenoxy) is 1. The summed E-state index contributed by atoms with van der Waals surface area (Å²) in [6.07, 6.45) is 2.34. The molecular formula is C34H51N3O6. The summed E-state index contributed by atoms with van der Waals surface area (Å²) in [5.41, 5.74) is 0.199. The topological polar surface area (TPSA) is 128 Å². The van der Waals surface area contributed by atoms with Crippen LogP contribution in [0.15, 0.2) is 48.5 Å². The molecule has 2 aromatic rings. The number of amides is 3. The van der Waals surface area contributed by atoms with E-state index < -0.39 is 41.6 Å². The normalized spacial score (nSPS) is 14.3. The molecular weight excluding hydrogens is 546 g/mol. The molecule has 0 heterocycles. The summed E-state index contributed by atoms with van der Waals surface area (Å²) < 4.78 is 5.51. The first-order valence-corrected chi connectivity index (χ1v) is 15.3. The smallest absolute Gasteiger partial charge is 0.408 e. The van der Waals surface area contributed by atoms with Gasteiger partial charge in [-0.2, -0.15) is 0 Å². The molecule has 4 atom stereocenters. The molecule has 0 aliphatic carbocycles. The standard InChI is InChI=1S/C34H51N3O6/c1-9-12-23(4)35-31(40)30(27-13-10-11-14-29(27)39)37(24(5)16-15-22(2)3)32(41)28(36-33(42)43-34(6,7)8)21-25-17-19-26(38)20-18-25/h10-11,13-14,17-20,22-24,28,30,38-39H,9,12,15-16,21H2,1-8H3,(H,35,40)(H,36,42). The maximum absolute atomic E-state index is 14.7. The van der Waals surface area contributed by atoms with Gasteiger partial charge < -0.3 is 30.5 Å². The Hall–Kier alpha value is -3.75. The van der Waals surface area contributed by atoms with E-state index in [0.717, 1.165) is 19.3 Å². The number of benzene rings is 2. The Morgan fingerprint density at radius 2 is 1.51 bits per heavy atom. The number of carbonyl (C=O) groups is 3. The van der Waals surface area contributed by atoms with E-state index in [9.17, 15) is 24.6 Å². The molecule has 0 spiro atoms. The molecule has 0 radical (unpaired) electrons. The molecule has 2 rings (SSSR count). The van der Waals surface area contributed by atoms with Crippen LogP contribution < -0.4 is 10.6 Å². The first-order valence-electron chi connectivity index (χ1n) is 15.3. The molecule has 238 valence electrons. The molecule has 0 saturated carbocycles. The van der Waals surface area contributed by atoms with Crippen molar-refractivity contribution in [3.63, 3.8) is 0 Å². The summed E-state index contributed by atoms with van der Waals surface area (Å²) in [6.45, 7) is 15.2. The van der Waals surface area contributed by atoms with Gasteiger partial charge in [0.25, 0.3) is 0 Å². The van der Waals surface area contributed by atoms with Crippen LogP contribution in [-0.2, 0) is 20.7 Å². The van der Waals surface area contributed by atoms with E-state index in [4.69, 9.17) is 4.74 Å². The summed E-state index contributed by atoms with van der Waals surface area (Å²) in [5, 5.41) is 26.5. The van der Waals surface area contributed by atoms with Crippen molar-refractivity contribution in [3.05, 3.63) is 59.7 Å². The van der Waals surface area contributed by atoms with Gasteiger partial charge >= 0.3 is 6.09 Å². The van der Waals surface area contributed by atoms with E-state index in [0.29, 0.717) is 23.5 Å². The van der Waals surface area contributed by atoms with Crippen molar-refractivity contribution in [2.24, 2.45) is 5.92 Å². The molecule has 9 heteroatoms. The predicted octanol–water partition coefficient (Wildman–Crippen LogP) is 6.23. The molecule has 3 amide bonds. The monoisotopic (exact) mass is 597 g/mol. The number of alkyl carbamates (subject to hydrolysis) is 1. The van der Waals surface area contributed by atoms with E-state index in [1.165, 1.54) is 23.1 Å². The second kappa shape index (κ2) is 16.2. The highest BCUT2D eigenvalue weighted by molar-refractivity contribution is 5.93. The number of rotatable bonds is 14. The minimum Gasteiger partial charge on any atom is -0.508 e. The van der Waals surface area contributed by atoms with Gasteiger partial charge in [0, 0.05) is 24.1 Å². The Kier molecular flexibility index (Phi) is 13.3. The van der Waals surface area contributed by atoms with E-state index in [1.807, 2.05) is 20.8 Å². The zero-order valence-electron chi connectivity index (χ0n) is 27.0. The van der Waals surface area contributed by atoms with Crippen molar-refractivity contribution in [2.45, 2.75) is 117 Å². The fourth-order valence-corrected chi connectivity index (χ4v) is 4.97. The number of phenolic OH excluding ortho intramolecular Hbond substituents is 2. The van der Waals surface area contributed by atoms with Crippen LogP contribution in [0.2, 0.25) is 0 Å². The van der Waals surface area contributed by atoms with Crippen LogP contribution in [-0.4, -0.2) is 56.7 Å². The molecule has 4 unspecified atom stereocenters. The average molecular weight is 598 g/mol. The fourth-order valence-electron chi connectivity index (χ4n) is 4.97. The zero-order valence-corrected chi connectivity index (χ0v) is 27.0. The van der Waals surface area contributed by atoms with Gasteiger partial charge in [0.15, 0.2) is 0 Å². The lowest BCUT2D eigenvalue weighted by atomic mass is 9.95. The molecule has 4 N–H and O–H groups in total. The first-order chi connectivity index (χ1) is 20.1. The van der Waals surface area contributed by atoms with E-state index in [-0.39, 0.29) is 24.0 Å². The van der Waals surface area contributed by atoms with Crippen molar-refractivity contribution >= 4 is 17.9 Å². The van der Waals surface area contributed by atoms with Crippen LogP contribution in [0, 0.1) is 5.92 Å². The van der Waals surface area contributed by atoms with Gasteiger partial charge in [-0.05, 0) is 83.6 Å². The SMILES string of the molecule is CCCC(C)NC(=O)C(c1ccccc1O)N(C(=O)C(Cc1ccc(O)cc1)NC(=O)OC(C)(C)C)C(C)CCC(C)C. The largest absolute Gasteiger partial charge is 0.508 e. The highest BCUT2D eigenvalue weighted by atomic mass is 16.6. The van der Waals surface area contributed by atoms with E-state index in [1.54, 1.807) is 51.1 Å². The maximum atomic E-state index is 14.7.